The summed E-state index contributed by atoms with van der Waals surface area (Å²) in [7, 11) is 0. The van der Waals surface area contributed by atoms with Gasteiger partial charge in [0.05, 0.1) is 0 Å². The molecule has 0 radical (unpaired) electrons. The van der Waals surface area contributed by atoms with Crippen molar-refractivity contribution in [1.82, 2.24) is 0 Å². The van der Waals surface area contributed by atoms with E-state index in [0.29, 0.717) is 0 Å². The largest absolute Gasteiger partial charge is 0.480 e. The van der Waals surface area contributed by atoms with Crippen LogP contribution in [-0.4, -0.2) is 17.1 Å². The Balaban J connectivity index is 2.87. The van der Waals surface area contributed by atoms with Gasteiger partial charge in [-0.3, -0.25) is 4.79 Å². The molecule has 0 saturated heterocycles. The minimum Gasteiger partial charge on any atom is -0.480 e. The lowest BCUT2D eigenvalue weighted by Gasteiger charge is -2.19. The SMILES string of the molecule is CC[C@H](c1ccccc1)[C@@H](N)C(=O)O. The van der Waals surface area contributed by atoms with Gasteiger partial charge in [-0.2, -0.15) is 0 Å². The van der Waals surface area contributed by atoms with E-state index in [1.807, 2.05) is 37.3 Å². The Kier molecular flexibility index (Phi) is 3.65. The van der Waals surface area contributed by atoms with E-state index in [0.717, 1.165) is 12.0 Å². The van der Waals surface area contributed by atoms with Gasteiger partial charge in [0.2, 0.25) is 0 Å². The van der Waals surface area contributed by atoms with Crippen LogP contribution in [0.3, 0.4) is 0 Å². The normalized spacial score (nSPS) is 14.7. The summed E-state index contributed by atoms with van der Waals surface area (Å²) >= 11 is 0. The van der Waals surface area contributed by atoms with Crippen LogP contribution < -0.4 is 5.73 Å². The lowest BCUT2D eigenvalue weighted by molar-refractivity contribution is -0.139. The van der Waals surface area contributed by atoms with Crippen molar-refractivity contribution in [3.63, 3.8) is 0 Å². The first kappa shape index (κ1) is 10.7. The fourth-order valence-electron chi connectivity index (χ4n) is 1.57. The van der Waals surface area contributed by atoms with Crippen molar-refractivity contribution in [3.05, 3.63) is 35.9 Å². The molecule has 0 saturated carbocycles. The monoisotopic (exact) mass is 193 g/mol. The number of aliphatic carboxylic acids is 1. The fourth-order valence-corrected chi connectivity index (χ4v) is 1.57. The highest BCUT2D eigenvalue weighted by Crippen LogP contribution is 2.21. The molecule has 1 aromatic carbocycles. The summed E-state index contributed by atoms with van der Waals surface area (Å²) in [4.78, 5) is 10.7. The summed E-state index contributed by atoms with van der Waals surface area (Å²) in [5, 5.41) is 8.82. The van der Waals surface area contributed by atoms with Crippen LogP contribution in [0.1, 0.15) is 24.8 Å². The van der Waals surface area contributed by atoms with Gasteiger partial charge in [-0.25, -0.2) is 0 Å². The molecule has 0 heterocycles. The lowest BCUT2D eigenvalue weighted by Crippen LogP contribution is -2.36. The molecule has 1 aromatic rings. The van der Waals surface area contributed by atoms with E-state index in [-0.39, 0.29) is 5.92 Å². The molecule has 1 rings (SSSR count). The quantitative estimate of drug-likeness (QED) is 0.763. The second kappa shape index (κ2) is 4.77. The van der Waals surface area contributed by atoms with Gasteiger partial charge in [-0.05, 0) is 12.0 Å². The maximum atomic E-state index is 10.7. The Morgan fingerprint density at radius 3 is 2.43 bits per heavy atom. The van der Waals surface area contributed by atoms with Crippen LogP contribution in [-0.2, 0) is 4.79 Å². The zero-order valence-electron chi connectivity index (χ0n) is 8.18. The number of hydrogen-bond donors (Lipinski definition) is 2. The van der Waals surface area contributed by atoms with Crippen LogP contribution >= 0.6 is 0 Å². The van der Waals surface area contributed by atoms with E-state index in [2.05, 4.69) is 0 Å². The standard InChI is InChI=1S/C11H15NO2/c1-2-9(10(12)11(13)14)8-6-4-3-5-7-8/h3-7,9-10H,2,12H2,1H3,(H,13,14)/t9-,10-/m1/s1. The van der Waals surface area contributed by atoms with Crippen molar-refractivity contribution < 1.29 is 9.90 Å². The first-order valence-corrected chi connectivity index (χ1v) is 4.70. The maximum Gasteiger partial charge on any atom is 0.321 e. The van der Waals surface area contributed by atoms with Crippen LogP contribution in [0.15, 0.2) is 30.3 Å². The maximum absolute atomic E-state index is 10.7. The van der Waals surface area contributed by atoms with Crippen molar-refractivity contribution >= 4 is 5.97 Å². The summed E-state index contributed by atoms with van der Waals surface area (Å²) in [5.74, 6) is -1.05. The molecule has 0 amide bonds. The minimum atomic E-state index is -0.944. The third-order valence-corrected chi connectivity index (χ3v) is 2.39. The second-order valence-electron chi connectivity index (χ2n) is 3.29. The fraction of sp³-hybridized carbons (Fsp3) is 0.364. The van der Waals surface area contributed by atoms with Crippen molar-refractivity contribution in [3.8, 4) is 0 Å². The van der Waals surface area contributed by atoms with Gasteiger partial charge in [0.1, 0.15) is 6.04 Å². The van der Waals surface area contributed by atoms with Gasteiger partial charge >= 0.3 is 5.97 Å². The van der Waals surface area contributed by atoms with Crippen LogP contribution in [0.2, 0.25) is 0 Å². The van der Waals surface area contributed by atoms with Crippen molar-refractivity contribution in [1.29, 1.82) is 0 Å². The van der Waals surface area contributed by atoms with Gasteiger partial charge in [-0.15, -0.1) is 0 Å². The first-order valence-electron chi connectivity index (χ1n) is 4.70. The molecular formula is C11H15NO2. The smallest absolute Gasteiger partial charge is 0.321 e. The highest BCUT2D eigenvalue weighted by atomic mass is 16.4. The summed E-state index contributed by atoms with van der Waals surface area (Å²) in [6.45, 7) is 1.94. The number of rotatable bonds is 4. The molecule has 76 valence electrons. The van der Waals surface area contributed by atoms with E-state index < -0.39 is 12.0 Å². The van der Waals surface area contributed by atoms with Crippen LogP contribution in [0.4, 0.5) is 0 Å². The molecule has 0 aliphatic carbocycles. The average Bonchev–Trinajstić information content (AvgIpc) is 2.20. The summed E-state index contributed by atoms with van der Waals surface area (Å²) < 4.78 is 0. The number of carboxylic acid groups (broad SMARTS) is 1. The molecule has 3 nitrogen and oxygen atoms in total. The molecule has 0 aliphatic heterocycles. The van der Waals surface area contributed by atoms with Crippen molar-refractivity contribution in [2.24, 2.45) is 5.73 Å². The Morgan fingerprint density at radius 1 is 1.43 bits per heavy atom. The number of carboxylic acids is 1. The van der Waals surface area contributed by atoms with Gasteiger partial charge in [0, 0.05) is 5.92 Å². The van der Waals surface area contributed by atoms with Crippen molar-refractivity contribution in [2.45, 2.75) is 25.3 Å². The molecule has 0 unspecified atom stereocenters. The number of carbonyl (C=O) groups is 1. The Bertz CT molecular complexity index is 297. The predicted octanol–water partition coefficient (Wildman–Crippen LogP) is 1.59. The van der Waals surface area contributed by atoms with Crippen LogP contribution in [0.5, 0.6) is 0 Å². The summed E-state index contributed by atoms with van der Waals surface area (Å²) in [6, 6.07) is 8.71. The number of hydrogen-bond acceptors (Lipinski definition) is 2. The molecule has 2 atom stereocenters. The highest BCUT2D eigenvalue weighted by Gasteiger charge is 2.23. The third kappa shape index (κ3) is 2.33. The van der Waals surface area contributed by atoms with E-state index in [4.69, 9.17) is 10.8 Å². The van der Waals surface area contributed by atoms with Gasteiger partial charge in [0.25, 0.3) is 0 Å². The average molecular weight is 193 g/mol. The molecule has 0 fully saturated rings. The van der Waals surface area contributed by atoms with E-state index in [1.165, 1.54) is 0 Å². The molecule has 14 heavy (non-hydrogen) atoms. The van der Waals surface area contributed by atoms with Crippen molar-refractivity contribution in [2.75, 3.05) is 0 Å². The van der Waals surface area contributed by atoms with Gasteiger partial charge in [0.15, 0.2) is 0 Å². The molecule has 0 bridgehead atoms. The number of nitrogens with two attached hydrogens (primary N) is 1. The number of benzene rings is 1. The second-order valence-corrected chi connectivity index (χ2v) is 3.29. The van der Waals surface area contributed by atoms with E-state index in [9.17, 15) is 4.79 Å². The van der Waals surface area contributed by atoms with E-state index in [1.54, 1.807) is 0 Å². The summed E-state index contributed by atoms with van der Waals surface area (Å²) in [5.41, 5.74) is 6.59. The first-order chi connectivity index (χ1) is 6.66. The van der Waals surface area contributed by atoms with Crippen LogP contribution in [0.25, 0.3) is 0 Å². The Morgan fingerprint density at radius 2 is 2.00 bits per heavy atom. The highest BCUT2D eigenvalue weighted by molar-refractivity contribution is 5.74. The van der Waals surface area contributed by atoms with Gasteiger partial charge in [-0.1, -0.05) is 37.3 Å². The minimum absolute atomic E-state index is 0.103. The zero-order chi connectivity index (χ0) is 10.6. The summed E-state index contributed by atoms with van der Waals surface area (Å²) in [6.07, 6.45) is 0.734. The third-order valence-electron chi connectivity index (χ3n) is 2.39. The lowest BCUT2D eigenvalue weighted by atomic mass is 9.90. The molecule has 3 N–H and O–H groups in total. The molecule has 0 aromatic heterocycles. The Hall–Kier alpha value is -1.35. The topological polar surface area (TPSA) is 63.3 Å². The molecule has 0 spiro atoms. The molecule has 3 heteroatoms. The van der Waals surface area contributed by atoms with Crippen LogP contribution in [0, 0.1) is 0 Å². The van der Waals surface area contributed by atoms with Gasteiger partial charge < -0.3 is 10.8 Å². The molecule has 0 aliphatic rings. The molecular weight excluding hydrogens is 178 g/mol. The Labute approximate surface area is 83.6 Å². The van der Waals surface area contributed by atoms with E-state index >= 15 is 0 Å². The zero-order valence-corrected chi connectivity index (χ0v) is 8.18. The predicted molar refractivity (Wildman–Crippen MR) is 55.1 cm³/mol.